The van der Waals surface area contributed by atoms with Crippen molar-refractivity contribution in [3.05, 3.63) is 24.3 Å². The second kappa shape index (κ2) is 6.05. The van der Waals surface area contributed by atoms with Crippen molar-refractivity contribution in [2.75, 3.05) is 5.32 Å². The predicted molar refractivity (Wildman–Crippen MR) is 56.6 cm³/mol. The van der Waals surface area contributed by atoms with Crippen LogP contribution in [0.3, 0.4) is 0 Å². The highest BCUT2D eigenvalue weighted by atomic mass is 32.3. The van der Waals surface area contributed by atoms with Crippen LogP contribution >= 0.6 is 0 Å². The van der Waals surface area contributed by atoms with Crippen LogP contribution in [0.15, 0.2) is 24.3 Å². The molecule has 0 aliphatic rings. The first-order chi connectivity index (χ1) is 7.20. The van der Waals surface area contributed by atoms with E-state index < -0.39 is 10.4 Å². The highest BCUT2D eigenvalue weighted by Gasteiger charge is 1.98. The molecule has 0 saturated heterocycles. The van der Waals surface area contributed by atoms with Crippen molar-refractivity contribution in [1.29, 1.82) is 0 Å². The van der Waals surface area contributed by atoms with Gasteiger partial charge in [-0.05, 0) is 12.1 Å². The third kappa shape index (κ3) is 8.94. The van der Waals surface area contributed by atoms with Gasteiger partial charge in [0, 0.05) is 6.92 Å². The highest BCUT2D eigenvalue weighted by molar-refractivity contribution is 7.79. The molecule has 90 valence electrons. The van der Waals surface area contributed by atoms with Gasteiger partial charge >= 0.3 is 10.4 Å². The van der Waals surface area contributed by atoms with Gasteiger partial charge in [0.2, 0.25) is 5.91 Å². The van der Waals surface area contributed by atoms with Gasteiger partial charge in [0.25, 0.3) is 0 Å². The Labute approximate surface area is 92.3 Å². The third-order valence-corrected chi connectivity index (χ3v) is 1.21. The van der Waals surface area contributed by atoms with Gasteiger partial charge in [0.05, 0.1) is 5.69 Å². The van der Waals surface area contributed by atoms with Crippen LogP contribution in [0.5, 0.6) is 5.75 Å². The van der Waals surface area contributed by atoms with E-state index in [1.807, 2.05) is 0 Å². The number of carbonyl (C=O) groups is 1. The number of phenolic OH excluding ortho intramolecular Hbond substituents is 1. The molecule has 0 atom stereocenters. The smallest absolute Gasteiger partial charge is 0.394 e. The minimum Gasteiger partial charge on any atom is -0.506 e. The van der Waals surface area contributed by atoms with Crippen LogP contribution in [0.25, 0.3) is 0 Å². The Kier molecular flexibility index (Phi) is 5.43. The fourth-order valence-electron chi connectivity index (χ4n) is 0.769. The molecular weight excluding hydrogens is 238 g/mol. The van der Waals surface area contributed by atoms with Crippen LogP contribution in [0.4, 0.5) is 5.69 Å². The van der Waals surface area contributed by atoms with Gasteiger partial charge < -0.3 is 10.4 Å². The van der Waals surface area contributed by atoms with Gasteiger partial charge in [-0.2, -0.15) is 8.42 Å². The summed E-state index contributed by atoms with van der Waals surface area (Å²) in [5.41, 5.74) is 0.444. The number of para-hydroxylation sites is 2. The maximum atomic E-state index is 10.5. The van der Waals surface area contributed by atoms with Crippen molar-refractivity contribution >= 4 is 22.0 Å². The second-order valence-corrected chi connectivity index (χ2v) is 3.54. The number of carbonyl (C=O) groups excluding carboxylic acids is 1. The van der Waals surface area contributed by atoms with E-state index in [0.717, 1.165) is 0 Å². The van der Waals surface area contributed by atoms with Crippen LogP contribution in [-0.4, -0.2) is 28.5 Å². The standard InChI is InChI=1S/C8H9NO2.H2O4S/c1-6(10)9-7-4-2-3-5-8(7)11;1-5(2,3)4/h2-5,11H,1H3,(H,9,10);(H2,1,2,3,4). The summed E-state index contributed by atoms with van der Waals surface area (Å²) in [5, 5.41) is 11.6. The molecule has 0 heterocycles. The van der Waals surface area contributed by atoms with Crippen LogP contribution < -0.4 is 5.32 Å². The lowest BCUT2D eigenvalue weighted by Gasteiger charge is -2.02. The Hall–Kier alpha value is -1.64. The SMILES string of the molecule is CC(=O)Nc1ccccc1O.O=S(=O)(O)O. The second-order valence-electron chi connectivity index (χ2n) is 2.65. The van der Waals surface area contributed by atoms with Gasteiger partial charge in [0.1, 0.15) is 5.75 Å². The molecule has 0 saturated carbocycles. The topological polar surface area (TPSA) is 124 Å². The maximum absolute atomic E-state index is 10.5. The molecule has 0 aliphatic carbocycles. The van der Waals surface area contributed by atoms with Gasteiger partial charge in [-0.3, -0.25) is 13.9 Å². The third-order valence-electron chi connectivity index (χ3n) is 1.21. The Morgan fingerprint density at radius 2 is 1.69 bits per heavy atom. The predicted octanol–water partition coefficient (Wildman–Crippen LogP) is 0.698. The van der Waals surface area contributed by atoms with Crippen molar-refractivity contribution in [3.8, 4) is 5.75 Å². The van der Waals surface area contributed by atoms with Crippen molar-refractivity contribution < 1.29 is 27.4 Å². The number of aromatic hydroxyl groups is 1. The molecule has 8 heteroatoms. The lowest BCUT2D eigenvalue weighted by Crippen LogP contribution is -2.05. The van der Waals surface area contributed by atoms with Crippen molar-refractivity contribution in [2.45, 2.75) is 6.92 Å². The zero-order valence-corrected chi connectivity index (χ0v) is 9.10. The zero-order chi connectivity index (χ0) is 12.8. The summed E-state index contributed by atoms with van der Waals surface area (Å²) in [7, 11) is -4.67. The summed E-state index contributed by atoms with van der Waals surface area (Å²) in [6, 6.07) is 6.59. The molecule has 1 aromatic rings. The van der Waals surface area contributed by atoms with E-state index in [4.69, 9.17) is 22.6 Å². The summed E-state index contributed by atoms with van der Waals surface area (Å²) < 4.78 is 31.6. The summed E-state index contributed by atoms with van der Waals surface area (Å²) in [4.78, 5) is 10.5. The molecule has 16 heavy (non-hydrogen) atoms. The van der Waals surface area contributed by atoms with E-state index in [-0.39, 0.29) is 11.7 Å². The van der Waals surface area contributed by atoms with Crippen LogP contribution in [0, 0.1) is 0 Å². The van der Waals surface area contributed by atoms with E-state index in [0.29, 0.717) is 5.69 Å². The van der Waals surface area contributed by atoms with Crippen LogP contribution in [0.1, 0.15) is 6.92 Å². The van der Waals surface area contributed by atoms with Crippen molar-refractivity contribution in [3.63, 3.8) is 0 Å². The number of anilines is 1. The molecule has 1 amide bonds. The Bertz CT molecular complexity index is 447. The van der Waals surface area contributed by atoms with E-state index >= 15 is 0 Å². The Balaban J connectivity index is 0.000000385. The minimum atomic E-state index is -4.67. The Morgan fingerprint density at radius 1 is 1.25 bits per heavy atom. The molecule has 7 nitrogen and oxygen atoms in total. The van der Waals surface area contributed by atoms with Gasteiger partial charge in [-0.1, -0.05) is 12.1 Å². The van der Waals surface area contributed by atoms with Crippen molar-refractivity contribution in [1.82, 2.24) is 0 Å². The first kappa shape index (κ1) is 14.4. The number of hydrogen-bond acceptors (Lipinski definition) is 4. The lowest BCUT2D eigenvalue weighted by molar-refractivity contribution is -0.114. The normalized spacial score (nSPS) is 9.94. The van der Waals surface area contributed by atoms with Crippen LogP contribution in [-0.2, 0) is 15.2 Å². The Morgan fingerprint density at radius 3 is 2.06 bits per heavy atom. The number of benzene rings is 1. The molecule has 0 aliphatic heterocycles. The van der Waals surface area contributed by atoms with E-state index in [1.165, 1.54) is 13.0 Å². The lowest BCUT2D eigenvalue weighted by atomic mass is 10.3. The van der Waals surface area contributed by atoms with Crippen LogP contribution in [0.2, 0.25) is 0 Å². The molecule has 0 aromatic heterocycles. The monoisotopic (exact) mass is 249 g/mol. The van der Waals surface area contributed by atoms with E-state index in [1.54, 1.807) is 18.2 Å². The zero-order valence-electron chi connectivity index (χ0n) is 8.28. The molecule has 0 fully saturated rings. The molecule has 0 spiro atoms. The van der Waals surface area contributed by atoms with Gasteiger partial charge in [-0.15, -0.1) is 0 Å². The van der Waals surface area contributed by atoms with E-state index in [9.17, 15) is 4.79 Å². The van der Waals surface area contributed by atoms with Crippen molar-refractivity contribution in [2.24, 2.45) is 0 Å². The van der Waals surface area contributed by atoms with Gasteiger partial charge in [0.15, 0.2) is 0 Å². The first-order valence-electron chi connectivity index (χ1n) is 3.95. The largest absolute Gasteiger partial charge is 0.506 e. The quantitative estimate of drug-likeness (QED) is 0.429. The molecule has 0 radical (unpaired) electrons. The number of nitrogens with one attached hydrogen (secondary N) is 1. The molecule has 1 rings (SSSR count). The molecular formula is C8H11NO6S. The fourth-order valence-corrected chi connectivity index (χ4v) is 0.769. The minimum absolute atomic E-state index is 0.0858. The molecule has 4 N–H and O–H groups in total. The summed E-state index contributed by atoms with van der Waals surface area (Å²) in [6.07, 6.45) is 0. The number of rotatable bonds is 1. The number of amides is 1. The maximum Gasteiger partial charge on any atom is 0.394 e. The average Bonchev–Trinajstić information content (AvgIpc) is 2.05. The van der Waals surface area contributed by atoms with E-state index in [2.05, 4.69) is 5.32 Å². The highest BCUT2D eigenvalue weighted by Crippen LogP contribution is 2.20. The molecule has 0 bridgehead atoms. The first-order valence-corrected chi connectivity index (χ1v) is 5.35. The number of hydrogen-bond donors (Lipinski definition) is 4. The van der Waals surface area contributed by atoms with Gasteiger partial charge in [-0.25, -0.2) is 0 Å². The summed E-state index contributed by atoms with van der Waals surface area (Å²) in [5.74, 6) is -0.103. The summed E-state index contributed by atoms with van der Waals surface area (Å²) in [6.45, 7) is 1.40. The average molecular weight is 249 g/mol. The number of phenols is 1. The molecule has 0 unspecified atom stereocenters. The summed E-state index contributed by atoms with van der Waals surface area (Å²) >= 11 is 0. The molecule has 1 aromatic carbocycles. The fraction of sp³-hybridized carbons (Fsp3) is 0.125.